The zero-order chi connectivity index (χ0) is 15.9. The van der Waals surface area contributed by atoms with Crippen LogP contribution in [0.25, 0.3) is 0 Å². The summed E-state index contributed by atoms with van der Waals surface area (Å²) in [6, 6.07) is 7.81. The lowest BCUT2D eigenvalue weighted by molar-refractivity contribution is -0.130. The van der Waals surface area contributed by atoms with Crippen LogP contribution in [0.1, 0.15) is 33.6 Å². The van der Waals surface area contributed by atoms with Crippen LogP contribution in [0.3, 0.4) is 0 Å². The monoisotopic (exact) mass is 304 g/mol. The number of hydrogen-bond donors (Lipinski definition) is 1. The zero-order valence-corrected chi connectivity index (χ0v) is 14.0. The molecule has 0 atom stereocenters. The van der Waals surface area contributed by atoms with Gasteiger partial charge in [0.2, 0.25) is 5.91 Å². The molecule has 0 aliphatic carbocycles. The summed E-state index contributed by atoms with van der Waals surface area (Å²) in [4.78, 5) is 14.2. The van der Waals surface area contributed by atoms with Crippen molar-refractivity contribution in [3.8, 4) is 5.75 Å². The molecule has 1 fully saturated rings. The lowest BCUT2D eigenvalue weighted by Gasteiger charge is -2.30. The normalized spacial score (nSPS) is 15.9. The summed E-state index contributed by atoms with van der Waals surface area (Å²) in [6.45, 7) is 9.27. The van der Waals surface area contributed by atoms with Gasteiger partial charge in [-0.1, -0.05) is 32.9 Å². The van der Waals surface area contributed by atoms with Crippen LogP contribution in [-0.2, 0) is 4.79 Å². The molecular formula is C18H28N2O2. The molecule has 0 saturated carbocycles. The molecule has 1 amide bonds. The van der Waals surface area contributed by atoms with Gasteiger partial charge >= 0.3 is 0 Å². The topological polar surface area (TPSA) is 41.6 Å². The molecule has 122 valence electrons. The number of ether oxygens (including phenoxy) is 1. The minimum atomic E-state index is 0.172. The van der Waals surface area contributed by atoms with E-state index >= 15 is 0 Å². The molecule has 1 heterocycles. The van der Waals surface area contributed by atoms with Gasteiger partial charge < -0.3 is 15.0 Å². The predicted molar refractivity (Wildman–Crippen MR) is 90.2 cm³/mol. The highest BCUT2D eigenvalue weighted by atomic mass is 16.5. The SMILES string of the molecule is CC(C)COc1ccccc1NCC(=O)N1CCC(C)CC1. The molecule has 4 heteroatoms. The van der Waals surface area contributed by atoms with E-state index in [-0.39, 0.29) is 5.91 Å². The predicted octanol–water partition coefficient (Wildman–Crippen LogP) is 3.39. The maximum Gasteiger partial charge on any atom is 0.241 e. The first-order valence-electron chi connectivity index (χ1n) is 8.29. The van der Waals surface area contributed by atoms with Crippen molar-refractivity contribution < 1.29 is 9.53 Å². The van der Waals surface area contributed by atoms with Crippen LogP contribution in [0.5, 0.6) is 5.75 Å². The van der Waals surface area contributed by atoms with E-state index in [0.717, 1.165) is 43.3 Å². The molecule has 1 aliphatic heterocycles. The van der Waals surface area contributed by atoms with Crippen molar-refractivity contribution in [3.05, 3.63) is 24.3 Å². The number of rotatable bonds is 6. The van der Waals surface area contributed by atoms with E-state index in [9.17, 15) is 4.79 Å². The molecule has 2 rings (SSSR count). The van der Waals surface area contributed by atoms with Gasteiger partial charge in [0.1, 0.15) is 5.75 Å². The highest BCUT2D eigenvalue weighted by Gasteiger charge is 2.20. The Morgan fingerprint density at radius 1 is 1.32 bits per heavy atom. The number of carbonyl (C=O) groups excluding carboxylic acids is 1. The van der Waals surface area contributed by atoms with Gasteiger partial charge in [-0.2, -0.15) is 0 Å². The molecule has 0 bridgehead atoms. The summed E-state index contributed by atoms with van der Waals surface area (Å²) < 4.78 is 5.80. The average Bonchev–Trinajstić information content (AvgIpc) is 2.52. The van der Waals surface area contributed by atoms with Gasteiger partial charge in [0.25, 0.3) is 0 Å². The van der Waals surface area contributed by atoms with Crippen molar-refractivity contribution in [2.45, 2.75) is 33.6 Å². The van der Waals surface area contributed by atoms with Gasteiger partial charge in [0.05, 0.1) is 18.8 Å². The highest BCUT2D eigenvalue weighted by Crippen LogP contribution is 2.24. The van der Waals surface area contributed by atoms with Gasteiger partial charge in [-0.15, -0.1) is 0 Å². The number of anilines is 1. The summed E-state index contributed by atoms with van der Waals surface area (Å²) in [6.07, 6.45) is 2.22. The third-order valence-electron chi connectivity index (χ3n) is 4.03. The van der Waals surface area contributed by atoms with E-state index in [4.69, 9.17) is 4.74 Å². The number of para-hydroxylation sites is 2. The second-order valence-electron chi connectivity index (χ2n) is 6.62. The maximum atomic E-state index is 12.3. The number of piperidine rings is 1. The maximum absolute atomic E-state index is 12.3. The number of nitrogens with zero attached hydrogens (tertiary/aromatic N) is 1. The Labute approximate surface area is 133 Å². The van der Waals surface area contributed by atoms with Gasteiger partial charge in [-0.25, -0.2) is 0 Å². The molecule has 22 heavy (non-hydrogen) atoms. The Morgan fingerprint density at radius 3 is 2.68 bits per heavy atom. The quantitative estimate of drug-likeness (QED) is 0.876. The Balaban J connectivity index is 1.87. The van der Waals surface area contributed by atoms with Crippen LogP contribution in [0.15, 0.2) is 24.3 Å². The van der Waals surface area contributed by atoms with Gasteiger partial charge in [-0.3, -0.25) is 4.79 Å². The minimum absolute atomic E-state index is 0.172. The molecule has 1 aromatic rings. The number of amides is 1. The molecule has 1 N–H and O–H groups in total. The molecule has 1 aliphatic rings. The first-order chi connectivity index (χ1) is 10.6. The van der Waals surface area contributed by atoms with E-state index in [2.05, 4.69) is 26.1 Å². The minimum Gasteiger partial charge on any atom is -0.491 e. The van der Waals surface area contributed by atoms with Gasteiger partial charge in [-0.05, 0) is 36.8 Å². The number of carbonyl (C=O) groups is 1. The standard InChI is InChI=1S/C18H28N2O2/c1-14(2)13-22-17-7-5-4-6-16(17)19-12-18(21)20-10-8-15(3)9-11-20/h4-7,14-15,19H,8-13H2,1-3H3. The fourth-order valence-electron chi connectivity index (χ4n) is 2.54. The van der Waals surface area contributed by atoms with Crippen molar-refractivity contribution in [3.63, 3.8) is 0 Å². The molecular weight excluding hydrogens is 276 g/mol. The second-order valence-corrected chi connectivity index (χ2v) is 6.62. The first-order valence-corrected chi connectivity index (χ1v) is 8.29. The van der Waals surface area contributed by atoms with Gasteiger partial charge in [0, 0.05) is 13.1 Å². The van der Waals surface area contributed by atoms with E-state index in [0.29, 0.717) is 19.1 Å². The van der Waals surface area contributed by atoms with Crippen LogP contribution in [-0.4, -0.2) is 37.0 Å². The van der Waals surface area contributed by atoms with Crippen LogP contribution >= 0.6 is 0 Å². The number of benzene rings is 1. The summed E-state index contributed by atoms with van der Waals surface area (Å²) in [7, 11) is 0. The van der Waals surface area contributed by atoms with Crippen molar-refractivity contribution in [1.29, 1.82) is 0 Å². The summed E-state index contributed by atoms with van der Waals surface area (Å²) in [5, 5.41) is 3.23. The van der Waals surface area contributed by atoms with E-state index in [1.807, 2.05) is 29.2 Å². The second kappa shape index (κ2) is 8.06. The smallest absolute Gasteiger partial charge is 0.241 e. The van der Waals surface area contributed by atoms with Crippen molar-refractivity contribution in [2.24, 2.45) is 11.8 Å². The van der Waals surface area contributed by atoms with Crippen LogP contribution in [0.2, 0.25) is 0 Å². The largest absolute Gasteiger partial charge is 0.491 e. The summed E-state index contributed by atoms with van der Waals surface area (Å²) in [5.41, 5.74) is 0.891. The summed E-state index contributed by atoms with van der Waals surface area (Å²) >= 11 is 0. The van der Waals surface area contributed by atoms with E-state index in [1.165, 1.54) is 0 Å². The number of nitrogens with one attached hydrogen (secondary N) is 1. The lowest BCUT2D eigenvalue weighted by Crippen LogP contribution is -2.40. The van der Waals surface area contributed by atoms with Crippen LogP contribution in [0.4, 0.5) is 5.69 Å². The molecule has 0 radical (unpaired) electrons. The van der Waals surface area contributed by atoms with E-state index in [1.54, 1.807) is 0 Å². The molecule has 1 aromatic carbocycles. The number of hydrogen-bond acceptors (Lipinski definition) is 3. The van der Waals surface area contributed by atoms with Crippen molar-refractivity contribution >= 4 is 11.6 Å². The Morgan fingerprint density at radius 2 is 2.00 bits per heavy atom. The van der Waals surface area contributed by atoms with Crippen molar-refractivity contribution in [1.82, 2.24) is 4.90 Å². The fraction of sp³-hybridized carbons (Fsp3) is 0.611. The molecule has 1 saturated heterocycles. The average molecular weight is 304 g/mol. The molecule has 0 aromatic heterocycles. The molecule has 0 unspecified atom stereocenters. The Bertz CT molecular complexity index is 480. The lowest BCUT2D eigenvalue weighted by atomic mass is 9.99. The third kappa shape index (κ3) is 4.93. The van der Waals surface area contributed by atoms with E-state index < -0.39 is 0 Å². The first kappa shape index (κ1) is 16.7. The van der Waals surface area contributed by atoms with Crippen molar-refractivity contribution in [2.75, 3.05) is 31.6 Å². The fourth-order valence-corrected chi connectivity index (χ4v) is 2.54. The Hall–Kier alpha value is -1.71. The molecule has 4 nitrogen and oxygen atoms in total. The van der Waals surface area contributed by atoms with Crippen LogP contribution in [0, 0.1) is 11.8 Å². The van der Waals surface area contributed by atoms with Gasteiger partial charge in [0.15, 0.2) is 0 Å². The van der Waals surface area contributed by atoms with Crippen LogP contribution < -0.4 is 10.1 Å². The molecule has 0 spiro atoms. The highest BCUT2D eigenvalue weighted by molar-refractivity contribution is 5.81. The third-order valence-corrected chi connectivity index (χ3v) is 4.03. The zero-order valence-electron chi connectivity index (χ0n) is 14.0. The Kier molecular flexibility index (Phi) is 6.10. The summed E-state index contributed by atoms with van der Waals surface area (Å²) in [5.74, 6) is 2.20. The number of likely N-dealkylation sites (tertiary alicyclic amines) is 1.